The van der Waals surface area contributed by atoms with Crippen LogP contribution in [0.4, 0.5) is 0 Å². The van der Waals surface area contributed by atoms with Crippen LogP contribution in [0.3, 0.4) is 0 Å². The second kappa shape index (κ2) is 7.06. The second-order valence-corrected chi connectivity index (χ2v) is 9.30. The molecule has 0 saturated carbocycles. The van der Waals surface area contributed by atoms with Crippen molar-refractivity contribution in [2.75, 3.05) is 32.9 Å². The largest absolute Gasteiger partial charge is 0.391 e. The van der Waals surface area contributed by atoms with Crippen LogP contribution >= 0.6 is 0 Å². The van der Waals surface area contributed by atoms with Crippen molar-refractivity contribution in [1.29, 1.82) is 0 Å². The lowest BCUT2D eigenvalue weighted by Crippen LogP contribution is -2.34. The predicted octanol–water partition coefficient (Wildman–Crippen LogP) is -0.137. The van der Waals surface area contributed by atoms with E-state index in [-0.39, 0.29) is 35.9 Å². The zero-order valence-corrected chi connectivity index (χ0v) is 16.3. The summed E-state index contributed by atoms with van der Waals surface area (Å²) in [4.78, 5) is 26.7. The molecule has 3 rings (SSSR count). The maximum absolute atomic E-state index is 13.0. The maximum Gasteiger partial charge on any atom is 0.254 e. The van der Waals surface area contributed by atoms with Gasteiger partial charge in [-0.05, 0) is 6.07 Å². The Morgan fingerprint density at radius 3 is 2.59 bits per heavy atom. The van der Waals surface area contributed by atoms with Gasteiger partial charge in [-0.25, -0.2) is 12.7 Å². The highest BCUT2D eigenvalue weighted by atomic mass is 32.2. The van der Waals surface area contributed by atoms with Crippen molar-refractivity contribution in [3.8, 4) is 0 Å². The van der Waals surface area contributed by atoms with Gasteiger partial charge in [-0.1, -0.05) is 18.2 Å². The molecule has 1 saturated heterocycles. The molecule has 1 fully saturated rings. The number of pyridine rings is 1. The summed E-state index contributed by atoms with van der Waals surface area (Å²) >= 11 is 0. The van der Waals surface area contributed by atoms with Gasteiger partial charge in [0.05, 0.1) is 22.9 Å². The van der Waals surface area contributed by atoms with Crippen LogP contribution in [0.15, 0.2) is 35.1 Å². The Hall–Kier alpha value is -2.23. The molecule has 0 spiro atoms. The minimum absolute atomic E-state index is 0.0377. The fourth-order valence-electron chi connectivity index (χ4n) is 3.36. The molecule has 0 radical (unpaired) electrons. The number of aliphatic hydroxyl groups excluding tert-OH is 1. The summed E-state index contributed by atoms with van der Waals surface area (Å²) in [6.07, 6.45) is -0.929. The molecule has 1 aromatic carbocycles. The molecule has 1 aliphatic heterocycles. The Morgan fingerprint density at radius 2 is 1.93 bits per heavy atom. The molecule has 2 aromatic rings. The quantitative estimate of drug-likeness (QED) is 0.780. The van der Waals surface area contributed by atoms with E-state index >= 15 is 0 Å². The highest BCUT2D eigenvalue weighted by molar-refractivity contribution is 7.89. The molecule has 8 nitrogen and oxygen atoms in total. The Morgan fingerprint density at radius 1 is 1.26 bits per heavy atom. The van der Waals surface area contributed by atoms with E-state index in [1.165, 1.54) is 29.6 Å². The summed E-state index contributed by atoms with van der Waals surface area (Å²) in [5.41, 5.74) is 0.598. The van der Waals surface area contributed by atoms with Crippen LogP contribution in [0.1, 0.15) is 10.4 Å². The van der Waals surface area contributed by atoms with Crippen molar-refractivity contribution in [3.63, 3.8) is 0 Å². The van der Waals surface area contributed by atoms with E-state index in [0.29, 0.717) is 10.9 Å². The Balaban J connectivity index is 1.91. The molecule has 2 heterocycles. The summed E-state index contributed by atoms with van der Waals surface area (Å²) < 4.78 is 26.8. The van der Waals surface area contributed by atoms with Gasteiger partial charge in [-0.3, -0.25) is 9.59 Å². The van der Waals surface area contributed by atoms with Crippen molar-refractivity contribution in [3.05, 3.63) is 46.2 Å². The number of carbonyl (C=O) groups is 1. The molecular weight excluding hydrogens is 370 g/mol. The smallest absolute Gasteiger partial charge is 0.254 e. The summed E-state index contributed by atoms with van der Waals surface area (Å²) in [5, 5.41) is 10.9. The third kappa shape index (κ3) is 3.62. The molecule has 0 unspecified atom stereocenters. The first kappa shape index (κ1) is 19.5. The van der Waals surface area contributed by atoms with E-state index in [4.69, 9.17) is 0 Å². The molecular formula is C18H23N3O5S. The fraction of sp³-hybridized carbons (Fsp3) is 0.444. The molecule has 1 N–H and O–H groups in total. The van der Waals surface area contributed by atoms with E-state index in [1.807, 2.05) is 0 Å². The van der Waals surface area contributed by atoms with Gasteiger partial charge in [0.25, 0.3) is 11.5 Å². The predicted molar refractivity (Wildman–Crippen MR) is 102 cm³/mol. The molecule has 1 amide bonds. The lowest BCUT2D eigenvalue weighted by atomic mass is 10.1. The van der Waals surface area contributed by atoms with Crippen molar-refractivity contribution in [2.45, 2.75) is 6.10 Å². The summed E-state index contributed by atoms with van der Waals surface area (Å²) in [7, 11) is 1.02. The number of amides is 1. The normalized spacial score (nSPS) is 20.6. The number of nitrogens with zero attached hydrogens (tertiary/aromatic N) is 3. The van der Waals surface area contributed by atoms with E-state index in [1.54, 1.807) is 31.3 Å². The van der Waals surface area contributed by atoms with Crippen LogP contribution in [-0.2, 0) is 17.1 Å². The summed E-state index contributed by atoms with van der Waals surface area (Å²) in [6.45, 7) is 0.159. The SMILES string of the molecule is CN(C)S(=O)(=O)C[C@@H]1CN(C(=O)c2cc(=O)n(C)c3ccccc23)C[C@H]1O. The molecule has 1 aromatic heterocycles. The number of aromatic nitrogens is 1. The number of aliphatic hydroxyl groups is 1. The molecule has 27 heavy (non-hydrogen) atoms. The molecule has 146 valence electrons. The standard InChI is InChI=1S/C18H23N3O5S/c1-19(2)27(25,26)11-12-9-21(10-16(12)22)18(24)14-8-17(23)20(3)15-7-5-4-6-13(14)15/h4-8,12,16,22H,9-11H2,1-3H3/t12-,16+/m0/s1. The van der Waals surface area contributed by atoms with Gasteiger partial charge >= 0.3 is 0 Å². The highest BCUT2D eigenvalue weighted by Crippen LogP contribution is 2.24. The van der Waals surface area contributed by atoms with Crippen LogP contribution in [0.25, 0.3) is 10.9 Å². The third-order valence-electron chi connectivity index (χ3n) is 5.06. The van der Waals surface area contributed by atoms with Gasteiger partial charge in [0.15, 0.2) is 0 Å². The zero-order valence-electron chi connectivity index (χ0n) is 15.5. The van der Waals surface area contributed by atoms with Crippen LogP contribution in [0, 0.1) is 5.92 Å². The number of β-amino-alcohol motifs (C(OH)–C–C–N with tert-alkyl or cyclic N) is 1. The number of fused-ring (bicyclic) bond motifs is 1. The van der Waals surface area contributed by atoms with Crippen molar-refractivity contribution in [1.82, 2.24) is 13.8 Å². The Bertz CT molecular complexity index is 1040. The number of aryl methyl sites for hydroxylation is 1. The first-order valence-electron chi connectivity index (χ1n) is 8.58. The lowest BCUT2D eigenvalue weighted by Gasteiger charge is -2.19. The van der Waals surface area contributed by atoms with Crippen molar-refractivity contribution < 1.29 is 18.3 Å². The van der Waals surface area contributed by atoms with Gasteiger partial charge in [0.1, 0.15) is 0 Å². The van der Waals surface area contributed by atoms with Gasteiger partial charge in [0, 0.05) is 51.6 Å². The van der Waals surface area contributed by atoms with Crippen LogP contribution in [0.5, 0.6) is 0 Å². The summed E-state index contributed by atoms with van der Waals surface area (Å²) in [5.74, 6) is -1.19. The number of sulfonamides is 1. The molecule has 0 aliphatic carbocycles. The van der Waals surface area contributed by atoms with E-state index in [2.05, 4.69) is 0 Å². The van der Waals surface area contributed by atoms with Crippen LogP contribution in [-0.4, -0.2) is 72.2 Å². The van der Waals surface area contributed by atoms with Gasteiger partial charge < -0.3 is 14.6 Å². The second-order valence-electron chi connectivity index (χ2n) is 7.07. The number of carbonyl (C=O) groups excluding carboxylic acids is 1. The molecule has 0 bridgehead atoms. The van der Waals surface area contributed by atoms with Gasteiger partial charge in [-0.15, -0.1) is 0 Å². The highest BCUT2D eigenvalue weighted by Gasteiger charge is 2.38. The van der Waals surface area contributed by atoms with Crippen molar-refractivity contribution >= 4 is 26.8 Å². The molecule has 1 aliphatic rings. The van der Waals surface area contributed by atoms with Gasteiger partial charge in [0.2, 0.25) is 10.0 Å². The molecule has 2 atom stereocenters. The minimum Gasteiger partial charge on any atom is -0.391 e. The monoisotopic (exact) mass is 393 g/mol. The Kier molecular flexibility index (Phi) is 5.11. The topological polar surface area (TPSA) is 99.9 Å². The molecule has 9 heteroatoms. The first-order chi connectivity index (χ1) is 12.6. The lowest BCUT2D eigenvalue weighted by molar-refractivity contribution is 0.0766. The van der Waals surface area contributed by atoms with E-state index in [0.717, 1.165) is 4.31 Å². The number of para-hydroxylation sites is 1. The third-order valence-corrected chi connectivity index (χ3v) is 7.02. The number of hydrogen-bond donors (Lipinski definition) is 1. The van der Waals surface area contributed by atoms with Crippen molar-refractivity contribution in [2.24, 2.45) is 13.0 Å². The minimum atomic E-state index is -3.49. The Labute approximate surface area is 157 Å². The average molecular weight is 393 g/mol. The fourth-order valence-corrected chi connectivity index (χ4v) is 4.53. The van der Waals surface area contributed by atoms with Crippen LogP contribution < -0.4 is 5.56 Å². The van der Waals surface area contributed by atoms with E-state index in [9.17, 15) is 23.1 Å². The van der Waals surface area contributed by atoms with Crippen LogP contribution in [0.2, 0.25) is 0 Å². The number of benzene rings is 1. The average Bonchev–Trinajstić information content (AvgIpc) is 2.97. The number of rotatable bonds is 4. The van der Waals surface area contributed by atoms with E-state index < -0.39 is 22.0 Å². The maximum atomic E-state index is 13.0. The first-order valence-corrected chi connectivity index (χ1v) is 10.2. The zero-order chi connectivity index (χ0) is 19.9. The number of hydrogen-bond acceptors (Lipinski definition) is 5. The summed E-state index contributed by atoms with van der Waals surface area (Å²) in [6, 6.07) is 8.40. The number of likely N-dealkylation sites (tertiary alicyclic amines) is 1. The van der Waals surface area contributed by atoms with Gasteiger partial charge in [-0.2, -0.15) is 0 Å².